The lowest BCUT2D eigenvalue weighted by molar-refractivity contribution is -0.612. The van der Waals surface area contributed by atoms with Gasteiger partial charge in [0.25, 0.3) is 5.56 Å². The third-order valence-corrected chi connectivity index (χ3v) is 6.81. The first-order valence-electron chi connectivity index (χ1n) is 11.3. The summed E-state index contributed by atoms with van der Waals surface area (Å²) < 4.78 is 29.7. The number of nitrogens with one attached hydrogen (secondary N) is 2. The zero-order valence-corrected chi connectivity index (χ0v) is 18.4. The fourth-order valence-electron chi connectivity index (χ4n) is 4.77. The summed E-state index contributed by atoms with van der Waals surface area (Å²) in [4.78, 5) is 42.9. The van der Waals surface area contributed by atoms with Gasteiger partial charge in [-0.1, -0.05) is 28.9 Å². The second kappa shape index (κ2) is 7.69. The van der Waals surface area contributed by atoms with E-state index in [9.17, 15) is 23.2 Å². The number of aromatic amines is 2. The van der Waals surface area contributed by atoms with Gasteiger partial charge in [-0.05, 0) is 16.7 Å². The maximum absolute atomic E-state index is 13.1. The molecule has 1 aliphatic heterocycles. The standard InChI is InChI=1S/C24H20F2N6O3/c25-24(26)9-16(10-24)21(33)15-4-2-14(3-5-15)17-12-30(13-17)20-8-19(29-32-7-1-6-31(20)32)18-11-27-23(35)28-22(18)34/h1-8,11,16-17H,9-10,12-13H2,(H-,27,28,29,34,35)/p+1. The van der Waals surface area contributed by atoms with Crippen LogP contribution in [-0.2, 0) is 0 Å². The van der Waals surface area contributed by atoms with Gasteiger partial charge in [-0.3, -0.25) is 19.5 Å². The largest absolute Gasteiger partial charge is 0.325 e. The lowest BCUT2D eigenvalue weighted by Crippen LogP contribution is -2.50. The number of Topliss-reactive ketones (excluding diaryl/α,β-unsaturated/α-hetero) is 1. The predicted octanol–water partition coefficient (Wildman–Crippen LogP) is 1.80. The second-order valence-corrected chi connectivity index (χ2v) is 9.18. The molecule has 2 N–H and O–H groups in total. The van der Waals surface area contributed by atoms with E-state index < -0.39 is 23.1 Å². The maximum Gasteiger partial charge on any atom is 0.325 e. The van der Waals surface area contributed by atoms with Gasteiger partial charge in [0.05, 0.1) is 31.5 Å². The molecular weight excluding hydrogens is 458 g/mol. The van der Waals surface area contributed by atoms with Crippen molar-refractivity contribution in [3.63, 3.8) is 0 Å². The molecule has 6 rings (SSSR count). The minimum atomic E-state index is -2.71. The van der Waals surface area contributed by atoms with E-state index in [4.69, 9.17) is 0 Å². The highest BCUT2D eigenvalue weighted by Gasteiger charge is 2.48. The Balaban J connectivity index is 1.21. The number of ketones is 1. The number of rotatable bonds is 5. The van der Waals surface area contributed by atoms with Crippen molar-refractivity contribution in [3.05, 3.63) is 87.0 Å². The normalized spacial score (nSPS) is 17.8. The molecule has 35 heavy (non-hydrogen) atoms. The average Bonchev–Trinajstić information content (AvgIpc) is 3.25. The topological polar surface area (TPSA) is 107 Å². The number of hydrogen-bond donors (Lipinski definition) is 2. The number of carbonyl (C=O) groups excluding carboxylic acids is 1. The van der Waals surface area contributed by atoms with Crippen LogP contribution in [0.3, 0.4) is 0 Å². The molecule has 1 saturated carbocycles. The van der Waals surface area contributed by atoms with Crippen LogP contribution in [0, 0.1) is 5.92 Å². The number of anilines is 1. The number of aromatic nitrogens is 5. The summed E-state index contributed by atoms with van der Waals surface area (Å²) in [6, 6.07) is 10.9. The van der Waals surface area contributed by atoms with Crippen molar-refractivity contribution in [2.24, 2.45) is 5.92 Å². The molecule has 2 fully saturated rings. The van der Waals surface area contributed by atoms with Gasteiger partial charge in [0.1, 0.15) is 5.56 Å². The highest BCUT2D eigenvalue weighted by Crippen LogP contribution is 2.44. The van der Waals surface area contributed by atoms with Crippen LogP contribution in [0.5, 0.6) is 0 Å². The zero-order valence-electron chi connectivity index (χ0n) is 18.4. The Hall–Kier alpha value is -4.15. The van der Waals surface area contributed by atoms with E-state index >= 15 is 0 Å². The van der Waals surface area contributed by atoms with Crippen molar-refractivity contribution in [1.82, 2.24) is 19.7 Å². The van der Waals surface area contributed by atoms with Crippen molar-refractivity contribution >= 4 is 11.6 Å². The minimum absolute atomic E-state index is 0.216. The molecule has 0 unspecified atom stereocenters. The molecule has 1 saturated heterocycles. The van der Waals surface area contributed by atoms with Crippen molar-refractivity contribution in [2.45, 2.75) is 24.7 Å². The van der Waals surface area contributed by atoms with Gasteiger partial charge in [-0.2, -0.15) is 0 Å². The van der Waals surface area contributed by atoms with Gasteiger partial charge in [0, 0.05) is 36.4 Å². The summed E-state index contributed by atoms with van der Waals surface area (Å²) in [5.74, 6) is -2.45. The number of benzene rings is 1. The first-order valence-corrected chi connectivity index (χ1v) is 11.3. The summed E-state index contributed by atoms with van der Waals surface area (Å²) in [5.41, 5.74) is 1.11. The highest BCUT2D eigenvalue weighted by atomic mass is 19.3. The van der Waals surface area contributed by atoms with Crippen molar-refractivity contribution in [2.75, 3.05) is 18.0 Å². The van der Waals surface area contributed by atoms with Crippen molar-refractivity contribution in [3.8, 4) is 11.3 Å². The fourth-order valence-corrected chi connectivity index (χ4v) is 4.77. The van der Waals surface area contributed by atoms with E-state index in [1.807, 2.05) is 28.9 Å². The van der Waals surface area contributed by atoms with Crippen LogP contribution in [0.15, 0.2) is 64.6 Å². The lowest BCUT2D eigenvalue weighted by atomic mass is 9.76. The Labute approximate surface area is 196 Å². The van der Waals surface area contributed by atoms with Gasteiger partial charge in [0.2, 0.25) is 11.7 Å². The van der Waals surface area contributed by atoms with E-state index in [1.165, 1.54) is 6.20 Å². The SMILES string of the molecule is O=C(c1ccc(C2CN(c3cc(-c4c[nH]c(=O)[nH]c4=O)nn4ccc[n+]34)C2)cc1)C1CC(F)(F)C1. The van der Waals surface area contributed by atoms with Crippen LogP contribution in [0.2, 0.25) is 0 Å². The van der Waals surface area contributed by atoms with Crippen LogP contribution in [-0.4, -0.2) is 44.5 Å². The fraction of sp³-hybridized carbons (Fsp3) is 0.292. The number of halogens is 2. The molecule has 0 radical (unpaired) electrons. The quantitative estimate of drug-likeness (QED) is 0.335. The maximum atomic E-state index is 13.1. The Morgan fingerprint density at radius 2 is 1.89 bits per heavy atom. The average molecular weight is 479 g/mol. The number of H-pyrrole nitrogens is 2. The molecule has 1 aromatic carbocycles. The van der Waals surface area contributed by atoms with E-state index in [-0.39, 0.29) is 30.1 Å². The third kappa shape index (κ3) is 3.72. The first kappa shape index (κ1) is 21.4. The zero-order chi connectivity index (χ0) is 24.3. The number of carbonyl (C=O) groups is 1. The molecule has 9 nitrogen and oxygen atoms in total. The Morgan fingerprint density at radius 3 is 2.57 bits per heavy atom. The van der Waals surface area contributed by atoms with Gasteiger partial charge in [0.15, 0.2) is 11.5 Å². The molecule has 3 aromatic heterocycles. The molecule has 0 atom stereocenters. The predicted molar refractivity (Wildman–Crippen MR) is 121 cm³/mol. The molecule has 2 aliphatic rings. The van der Waals surface area contributed by atoms with Crippen LogP contribution < -0.4 is 20.7 Å². The molecule has 4 heterocycles. The molecule has 1 aliphatic carbocycles. The lowest BCUT2D eigenvalue weighted by Gasteiger charge is -2.36. The molecule has 11 heteroatoms. The molecule has 0 amide bonds. The van der Waals surface area contributed by atoms with Crippen molar-refractivity contribution < 1.29 is 18.1 Å². The molecule has 0 spiro atoms. The Bertz CT molecular complexity index is 1560. The summed E-state index contributed by atoms with van der Waals surface area (Å²) >= 11 is 0. The molecular formula is C24H21F2N6O3+. The van der Waals surface area contributed by atoms with E-state index in [0.29, 0.717) is 24.3 Å². The Morgan fingerprint density at radius 1 is 1.14 bits per heavy atom. The van der Waals surface area contributed by atoms with Crippen LogP contribution in [0.1, 0.15) is 34.7 Å². The van der Waals surface area contributed by atoms with Gasteiger partial charge in [-0.15, -0.1) is 4.52 Å². The summed E-state index contributed by atoms with van der Waals surface area (Å²) in [6.45, 7) is 1.42. The molecule has 0 bridgehead atoms. The van der Waals surface area contributed by atoms with E-state index in [2.05, 4.69) is 20.0 Å². The van der Waals surface area contributed by atoms with Gasteiger partial charge in [-0.25, -0.2) is 13.6 Å². The number of alkyl halides is 2. The minimum Gasteiger partial charge on any atom is -0.313 e. The molecule has 178 valence electrons. The third-order valence-electron chi connectivity index (χ3n) is 6.81. The van der Waals surface area contributed by atoms with E-state index in [1.54, 1.807) is 29.0 Å². The van der Waals surface area contributed by atoms with Gasteiger partial charge >= 0.3 is 5.69 Å². The summed E-state index contributed by atoms with van der Waals surface area (Å²) in [6.07, 6.45) is 4.24. The number of fused-ring (bicyclic) bond motifs is 1. The van der Waals surface area contributed by atoms with Crippen LogP contribution in [0.25, 0.3) is 11.3 Å². The monoisotopic (exact) mass is 479 g/mol. The van der Waals surface area contributed by atoms with Crippen molar-refractivity contribution in [1.29, 1.82) is 0 Å². The summed E-state index contributed by atoms with van der Waals surface area (Å²) in [7, 11) is 0. The van der Waals surface area contributed by atoms with Crippen LogP contribution >= 0.6 is 0 Å². The van der Waals surface area contributed by atoms with Crippen LogP contribution in [0.4, 0.5) is 14.6 Å². The van der Waals surface area contributed by atoms with E-state index in [0.717, 1.165) is 11.4 Å². The first-order chi connectivity index (χ1) is 16.8. The van der Waals surface area contributed by atoms with Gasteiger partial charge < -0.3 is 4.98 Å². The smallest absolute Gasteiger partial charge is 0.313 e. The Kier molecular flexibility index (Phi) is 4.70. The highest BCUT2D eigenvalue weighted by molar-refractivity contribution is 5.98. The molecule has 4 aromatic rings. The number of hydrogen-bond acceptors (Lipinski definition) is 5. The summed E-state index contributed by atoms with van der Waals surface area (Å²) in [5, 5.41) is 4.47. The number of nitrogens with zero attached hydrogens (tertiary/aromatic N) is 4. The second-order valence-electron chi connectivity index (χ2n) is 9.18.